The molecule has 1 atom stereocenters. The maximum Gasteiger partial charge on any atom is 0.191 e. The van der Waals surface area contributed by atoms with E-state index in [1.54, 1.807) is 0 Å². The van der Waals surface area contributed by atoms with Gasteiger partial charge in [-0.2, -0.15) is 0 Å². The summed E-state index contributed by atoms with van der Waals surface area (Å²) in [7, 11) is 0. The van der Waals surface area contributed by atoms with Crippen LogP contribution < -0.4 is 5.73 Å². The highest BCUT2D eigenvalue weighted by molar-refractivity contribution is 5.74. The van der Waals surface area contributed by atoms with Gasteiger partial charge >= 0.3 is 0 Å². The van der Waals surface area contributed by atoms with Crippen LogP contribution in [0.1, 0.15) is 37.2 Å². The van der Waals surface area contributed by atoms with E-state index in [2.05, 4.69) is 27.2 Å². The van der Waals surface area contributed by atoms with E-state index in [-0.39, 0.29) is 5.92 Å². The van der Waals surface area contributed by atoms with Crippen LogP contribution >= 0.6 is 0 Å². The van der Waals surface area contributed by atoms with Crippen LogP contribution in [-0.4, -0.2) is 20.3 Å². The van der Waals surface area contributed by atoms with Crippen molar-refractivity contribution in [1.82, 2.24) is 20.3 Å². The van der Waals surface area contributed by atoms with Gasteiger partial charge in [0.2, 0.25) is 0 Å². The second-order valence-electron chi connectivity index (χ2n) is 4.93. The van der Waals surface area contributed by atoms with Crippen molar-refractivity contribution < 1.29 is 4.63 Å². The Morgan fingerprint density at radius 1 is 1.30 bits per heavy atom. The second kappa shape index (κ2) is 5.32. The monoisotopic (exact) mass is 271 g/mol. The van der Waals surface area contributed by atoms with Gasteiger partial charge in [-0.3, -0.25) is 0 Å². The number of benzene rings is 1. The van der Waals surface area contributed by atoms with E-state index < -0.39 is 0 Å². The minimum atomic E-state index is 0.173. The topological polar surface area (TPSA) is 93.6 Å². The van der Waals surface area contributed by atoms with Gasteiger partial charge in [0.1, 0.15) is 11.5 Å². The number of fused-ring (bicyclic) bond motifs is 1. The highest BCUT2D eigenvalue weighted by Gasteiger charge is 2.20. The van der Waals surface area contributed by atoms with Crippen LogP contribution in [0.5, 0.6) is 0 Å². The number of rotatable bonds is 5. The van der Waals surface area contributed by atoms with Crippen LogP contribution in [0.25, 0.3) is 11.0 Å². The van der Waals surface area contributed by atoms with Crippen molar-refractivity contribution in [1.29, 1.82) is 0 Å². The molecular weight excluding hydrogens is 254 g/mol. The standard InChI is InChI=1S/C14H17N5O/c1-2-5-9(13-14(15)19-20-18-13)8-12-16-10-6-3-4-7-11(10)17-12/h3-4,6-7,9H,2,5,8H2,1H3,(H2,15,19)(H,16,17). The Morgan fingerprint density at radius 2 is 2.15 bits per heavy atom. The zero-order valence-corrected chi connectivity index (χ0v) is 11.3. The summed E-state index contributed by atoms with van der Waals surface area (Å²) in [5.41, 5.74) is 8.55. The molecule has 0 saturated heterocycles. The molecule has 0 aliphatic rings. The highest BCUT2D eigenvalue weighted by atomic mass is 16.6. The highest BCUT2D eigenvalue weighted by Crippen LogP contribution is 2.27. The molecule has 0 aliphatic carbocycles. The maximum atomic E-state index is 5.80. The Balaban J connectivity index is 1.88. The number of hydrogen-bond donors (Lipinski definition) is 2. The van der Waals surface area contributed by atoms with Crippen molar-refractivity contribution >= 4 is 16.9 Å². The zero-order valence-electron chi connectivity index (χ0n) is 11.3. The van der Waals surface area contributed by atoms with Gasteiger partial charge in [-0.25, -0.2) is 9.61 Å². The molecule has 0 radical (unpaired) electrons. The zero-order chi connectivity index (χ0) is 13.9. The third-order valence-corrected chi connectivity index (χ3v) is 3.44. The summed E-state index contributed by atoms with van der Waals surface area (Å²) in [4.78, 5) is 7.93. The first-order chi connectivity index (χ1) is 9.78. The minimum absolute atomic E-state index is 0.173. The SMILES string of the molecule is CCCC(Cc1nc2ccccc2[nH]1)c1nonc1N. The van der Waals surface area contributed by atoms with Crippen LogP contribution in [0.4, 0.5) is 5.82 Å². The van der Waals surface area contributed by atoms with Crippen molar-refractivity contribution in [3.05, 3.63) is 35.8 Å². The summed E-state index contributed by atoms with van der Waals surface area (Å²) in [6.07, 6.45) is 2.76. The average Bonchev–Trinajstić information content (AvgIpc) is 3.03. The molecule has 0 spiro atoms. The molecule has 0 saturated carbocycles. The van der Waals surface area contributed by atoms with Crippen LogP contribution in [0.15, 0.2) is 28.9 Å². The van der Waals surface area contributed by atoms with Gasteiger partial charge in [0.15, 0.2) is 5.82 Å². The van der Waals surface area contributed by atoms with Crippen LogP contribution in [-0.2, 0) is 6.42 Å². The first-order valence-electron chi connectivity index (χ1n) is 6.79. The third-order valence-electron chi connectivity index (χ3n) is 3.44. The minimum Gasteiger partial charge on any atom is -0.379 e. The summed E-state index contributed by atoms with van der Waals surface area (Å²) >= 11 is 0. The van der Waals surface area contributed by atoms with Crippen LogP contribution in [0.2, 0.25) is 0 Å². The van der Waals surface area contributed by atoms with Gasteiger partial charge in [0.25, 0.3) is 0 Å². The number of nitrogens with one attached hydrogen (secondary N) is 1. The number of nitrogen functional groups attached to an aromatic ring is 1. The quantitative estimate of drug-likeness (QED) is 0.744. The molecule has 0 aliphatic heterocycles. The number of nitrogens with two attached hydrogens (primary N) is 1. The van der Waals surface area contributed by atoms with Gasteiger partial charge in [-0.1, -0.05) is 30.6 Å². The van der Waals surface area contributed by atoms with Crippen LogP contribution in [0.3, 0.4) is 0 Å². The smallest absolute Gasteiger partial charge is 0.191 e. The van der Waals surface area contributed by atoms with Crippen molar-refractivity contribution in [3.8, 4) is 0 Å². The van der Waals surface area contributed by atoms with Crippen molar-refractivity contribution in [2.45, 2.75) is 32.1 Å². The van der Waals surface area contributed by atoms with Crippen molar-refractivity contribution in [2.24, 2.45) is 0 Å². The van der Waals surface area contributed by atoms with E-state index in [0.717, 1.165) is 41.8 Å². The van der Waals surface area contributed by atoms with Crippen LogP contribution in [0, 0.1) is 0 Å². The van der Waals surface area contributed by atoms with Crippen molar-refractivity contribution in [2.75, 3.05) is 5.73 Å². The number of para-hydroxylation sites is 2. The fourth-order valence-electron chi connectivity index (χ4n) is 2.51. The van der Waals surface area contributed by atoms with Crippen molar-refractivity contribution in [3.63, 3.8) is 0 Å². The molecule has 3 rings (SSSR count). The first kappa shape index (κ1) is 12.7. The van der Waals surface area contributed by atoms with E-state index in [1.165, 1.54) is 0 Å². The molecule has 6 heteroatoms. The van der Waals surface area contributed by atoms with Gasteiger partial charge in [0, 0.05) is 12.3 Å². The molecule has 20 heavy (non-hydrogen) atoms. The Labute approximate surface area is 116 Å². The fraction of sp³-hybridized carbons (Fsp3) is 0.357. The summed E-state index contributed by atoms with van der Waals surface area (Å²) in [5, 5.41) is 7.60. The predicted octanol–water partition coefficient (Wildman–Crippen LogP) is 2.65. The third kappa shape index (κ3) is 2.36. The second-order valence-corrected chi connectivity index (χ2v) is 4.93. The normalized spacial score (nSPS) is 12.8. The lowest BCUT2D eigenvalue weighted by atomic mass is 9.96. The van der Waals surface area contributed by atoms with Gasteiger partial charge < -0.3 is 10.7 Å². The summed E-state index contributed by atoms with van der Waals surface area (Å²) in [6.45, 7) is 2.13. The lowest BCUT2D eigenvalue weighted by Crippen LogP contribution is -2.07. The van der Waals surface area contributed by atoms with Gasteiger partial charge in [-0.05, 0) is 23.7 Å². The molecule has 104 valence electrons. The van der Waals surface area contributed by atoms with Gasteiger partial charge in [-0.15, -0.1) is 0 Å². The molecule has 0 amide bonds. The molecular formula is C14H17N5O. The molecule has 6 nitrogen and oxygen atoms in total. The summed E-state index contributed by atoms with van der Waals surface area (Å²) in [6, 6.07) is 7.99. The maximum absolute atomic E-state index is 5.80. The largest absolute Gasteiger partial charge is 0.379 e. The molecule has 3 N–H and O–H groups in total. The molecule has 3 aromatic rings. The molecule has 0 bridgehead atoms. The summed E-state index contributed by atoms with van der Waals surface area (Å²) in [5.74, 6) is 1.48. The number of H-pyrrole nitrogens is 1. The molecule has 2 aromatic heterocycles. The molecule has 0 fully saturated rings. The number of imidazole rings is 1. The Hall–Kier alpha value is -2.37. The average molecular weight is 271 g/mol. The Morgan fingerprint density at radius 3 is 2.85 bits per heavy atom. The number of aromatic nitrogens is 4. The Kier molecular flexibility index (Phi) is 3.37. The number of hydrogen-bond acceptors (Lipinski definition) is 5. The van der Waals surface area contributed by atoms with E-state index in [0.29, 0.717) is 5.82 Å². The lowest BCUT2D eigenvalue weighted by molar-refractivity contribution is 0.301. The lowest BCUT2D eigenvalue weighted by Gasteiger charge is -2.11. The number of nitrogens with zero attached hydrogens (tertiary/aromatic N) is 3. The van der Waals surface area contributed by atoms with E-state index in [9.17, 15) is 0 Å². The fourth-order valence-corrected chi connectivity index (χ4v) is 2.51. The molecule has 2 heterocycles. The number of anilines is 1. The molecule has 1 unspecified atom stereocenters. The van der Waals surface area contributed by atoms with E-state index in [4.69, 9.17) is 10.4 Å². The van der Waals surface area contributed by atoms with E-state index >= 15 is 0 Å². The van der Waals surface area contributed by atoms with Gasteiger partial charge in [0.05, 0.1) is 11.0 Å². The first-order valence-corrected chi connectivity index (χ1v) is 6.79. The predicted molar refractivity (Wildman–Crippen MR) is 76.2 cm³/mol. The van der Waals surface area contributed by atoms with E-state index in [1.807, 2.05) is 24.3 Å². The molecule has 1 aromatic carbocycles. The Bertz CT molecular complexity index is 669. The summed E-state index contributed by atoms with van der Waals surface area (Å²) < 4.78 is 4.71. The number of aromatic amines is 1.